The highest BCUT2D eigenvalue weighted by molar-refractivity contribution is 6.07. The van der Waals surface area contributed by atoms with Gasteiger partial charge < -0.3 is 10.2 Å². The SMILES string of the molecule is O=C(NCCCc1ccncc1)C1CC12CCN(C(=O)c1cccc3ccccc13)CC2. The van der Waals surface area contributed by atoms with Crippen molar-refractivity contribution in [3.8, 4) is 0 Å². The molecule has 5 heteroatoms. The minimum absolute atomic E-state index is 0.102. The lowest BCUT2D eigenvalue weighted by Crippen LogP contribution is -2.40. The van der Waals surface area contributed by atoms with E-state index in [1.807, 2.05) is 59.5 Å². The van der Waals surface area contributed by atoms with E-state index in [0.29, 0.717) is 6.54 Å². The molecule has 2 heterocycles. The normalized spacial score (nSPS) is 19.1. The predicted molar refractivity (Wildman–Crippen MR) is 125 cm³/mol. The van der Waals surface area contributed by atoms with Crippen LogP contribution in [0.25, 0.3) is 10.8 Å². The molecular formula is C27H29N3O2. The Morgan fingerprint density at radius 2 is 1.75 bits per heavy atom. The molecule has 5 rings (SSSR count). The topological polar surface area (TPSA) is 62.3 Å². The van der Waals surface area contributed by atoms with Gasteiger partial charge in [0, 0.05) is 43.5 Å². The van der Waals surface area contributed by atoms with Crippen molar-refractivity contribution in [2.24, 2.45) is 11.3 Å². The maximum Gasteiger partial charge on any atom is 0.254 e. The van der Waals surface area contributed by atoms with Gasteiger partial charge in [-0.15, -0.1) is 0 Å². The number of hydrogen-bond acceptors (Lipinski definition) is 3. The third kappa shape index (κ3) is 4.12. The van der Waals surface area contributed by atoms with E-state index in [2.05, 4.69) is 10.3 Å². The zero-order valence-electron chi connectivity index (χ0n) is 18.3. The van der Waals surface area contributed by atoms with Gasteiger partial charge >= 0.3 is 0 Å². The number of aryl methyl sites for hydroxylation is 1. The smallest absolute Gasteiger partial charge is 0.254 e. The van der Waals surface area contributed by atoms with Crippen LogP contribution in [0.2, 0.25) is 0 Å². The van der Waals surface area contributed by atoms with Crippen molar-refractivity contribution in [3.05, 3.63) is 78.1 Å². The summed E-state index contributed by atoms with van der Waals surface area (Å²) in [5.41, 5.74) is 2.13. The summed E-state index contributed by atoms with van der Waals surface area (Å²) >= 11 is 0. The maximum atomic E-state index is 13.2. The molecule has 1 N–H and O–H groups in total. The van der Waals surface area contributed by atoms with Gasteiger partial charge in [0.1, 0.15) is 0 Å². The van der Waals surface area contributed by atoms with Crippen LogP contribution in [0.5, 0.6) is 0 Å². The Balaban J connectivity index is 1.12. The lowest BCUT2D eigenvalue weighted by atomic mass is 9.90. The first-order valence-corrected chi connectivity index (χ1v) is 11.6. The third-order valence-corrected chi connectivity index (χ3v) is 7.26. The average Bonchev–Trinajstić information content (AvgIpc) is 3.55. The first-order valence-electron chi connectivity index (χ1n) is 11.6. The Hall–Kier alpha value is -3.21. The van der Waals surface area contributed by atoms with Gasteiger partial charge in [-0.1, -0.05) is 36.4 Å². The number of amides is 2. The summed E-state index contributed by atoms with van der Waals surface area (Å²) in [4.78, 5) is 31.9. The number of aromatic nitrogens is 1. The molecule has 32 heavy (non-hydrogen) atoms. The number of rotatable bonds is 6. The highest BCUT2D eigenvalue weighted by atomic mass is 16.2. The van der Waals surface area contributed by atoms with Crippen LogP contribution in [0.15, 0.2) is 67.0 Å². The number of carbonyl (C=O) groups excluding carboxylic acids is 2. The number of fused-ring (bicyclic) bond motifs is 1. The van der Waals surface area contributed by atoms with E-state index in [-0.39, 0.29) is 23.1 Å². The van der Waals surface area contributed by atoms with Crippen molar-refractivity contribution in [2.75, 3.05) is 19.6 Å². The summed E-state index contributed by atoms with van der Waals surface area (Å²) in [6.45, 7) is 2.17. The largest absolute Gasteiger partial charge is 0.356 e. The third-order valence-electron chi connectivity index (χ3n) is 7.26. The highest BCUT2D eigenvalue weighted by Gasteiger charge is 2.58. The number of nitrogens with zero attached hydrogens (tertiary/aromatic N) is 2. The van der Waals surface area contributed by atoms with Crippen molar-refractivity contribution in [2.45, 2.75) is 32.1 Å². The van der Waals surface area contributed by atoms with Crippen molar-refractivity contribution >= 4 is 22.6 Å². The fourth-order valence-electron chi connectivity index (χ4n) is 5.19. The van der Waals surface area contributed by atoms with E-state index in [1.165, 1.54) is 5.56 Å². The molecule has 2 aromatic carbocycles. The maximum absolute atomic E-state index is 13.2. The summed E-state index contributed by atoms with van der Waals surface area (Å²) in [5.74, 6) is 0.404. The number of nitrogens with one attached hydrogen (secondary N) is 1. The molecule has 1 unspecified atom stereocenters. The average molecular weight is 428 g/mol. The molecule has 2 aliphatic rings. The van der Waals surface area contributed by atoms with Gasteiger partial charge in [-0.25, -0.2) is 0 Å². The number of benzene rings is 2. The Morgan fingerprint density at radius 1 is 1.00 bits per heavy atom. The van der Waals surface area contributed by atoms with Crippen molar-refractivity contribution in [3.63, 3.8) is 0 Å². The zero-order chi connectivity index (χ0) is 22.0. The Kier molecular flexibility index (Phi) is 5.64. The van der Waals surface area contributed by atoms with Crippen molar-refractivity contribution in [1.82, 2.24) is 15.2 Å². The Bertz CT molecular complexity index is 1110. The van der Waals surface area contributed by atoms with Crippen LogP contribution >= 0.6 is 0 Å². The van der Waals surface area contributed by atoms with Gasteiger partial charge in [0.05, 0.1) is 0 Å². The molecular weight excluding hydrogens is 398 g/mol. The second kappa shape index (κ2) is 8.73. The highest BCUT2D eigenvalue weighted by Crippen LogP contribution is 2.59. The molecule has 1 aliphatic heterocycles. The van der Waals surface area contributed by atoms with Crippen LogP contribution in [0.3, 0.4) is 0 Å². The van der Waals surface area contributed by atoms with Crippen molar-refractivity contribution in [1.29, 1.82) is 0 Å². The second-order valence-corrected chi connectivity index (χ2v) is 9.19. The fourth-order valence-corrected chi connectivity index (χ4v) is 5.19. The number of hydrogen-bond donors (Lipinski definition) is 1. The van der Waals surface area contributed by atoms with Crippen LogP contribution in [-0.4, -0.2) is 41.3 Å². The molecule has 1 saturated carbocycles. The second-order valence-electron chi connectivity index (χ2n) is 9.19. The number of carbonyl (C=O) groups is 2. The molecule has 1 atom stereocenters. The summed E-state index contributed by atoms with van der Waals surface area (Å²) in [5, 5.41) is 5.23. The van der Waals surface area contributed by atoms with E-state index in [4.69, 9.17) is 0 Å². The fraction of sp³-hybridized carbons (Fsp3) is 0.370. The molecule has 1 spiro atoms. The monoisotopic (exact) mass is 427 g/mol. The first-order chi connectivity index (χ1) is 15.7. The molecule has 1 aliphatic carbocycles. The molecule has 5 nitrogen and oxygen atoms in total. The van der Waals surface area contributed by atoms with E-state index in [1.54, 1.807) is 12.4 Å². The number of likely N-dealkylation sites (tertiary alicyclic amines) is 1. The number of piperidine rings is 1. The first kappa shape index (κ1) is 20.7. The lowest BCUT2D eigenvalue weighted by molar-refractivity contribution is -0.123. The molecule has 0 radical (unpaired) electrons. The summed E-state index contributed by atoms with van der Waals surface area (Å²) in [6, 6.07) is 18.0. The molecule has 2 amide bonds. The van der Waals surface area contributed by atoms with Gasteiger partial charge in [-0.3, -0.25) is 14.6 Å². The number of pyridine rings is 1. The van der Waals surface area contributed by atoms with E-state index < -0.39 is 0 Å². The zero-order valence-corrected chi connectivity index (χ0v) is 18.3. The summed E-state index contributed by atoms with van der Waals surface area (Å²) < 4.78 is 0. The Labute approximate surface area is 188 Å². The summed E-state index contributed by atoms with van der Waals surface area (Å²) in [6.07, 6.45) is 8.28. The lowest BCUT2D eigenvalue weighted by Gasteiger charge is -2.33. The van der Waals surface area contributed by atoms with E-state index in [0.717, 1.165) is 61.5 Å². The van der Waals surface area contributed by atoms with E-state index in [9.17, 15) is 9.59 Å². The van der Waals surface area contributed by atoms with Gasteiger partial charge in [-0.2, -0.15) is 0 Å². The van der Waals surface area contributed by atoms with Crippen molar-refractivity contribution < 1.29 is 9.59 Å². The summed E-state index contributed by atoms with van der Waals surface area (Å²) in [7, 11) is 0. The minimum atomic E-state index is 0.102. The van der Waals surface area contributed by atoms with Gasteiger partial charge in [0.25, 0.3) is 5.91 Å². The molecule has 2 fully saturated rings. The molecule has 3 aromatic rings. The quantitative estimate of drug-likeness (QED) is 0.599. The van der Waals surface area contributed by atoms with Gasteiger partial charge in [-0.05, 0) is 72.1 Å². The molecule has 1 saturated heterocycles. The van der Waals surface area contributed by atoms with Gasteiger partial charge in [0.2, 0.25) is 5.91 Å². The molecule has 1 aromatic heterocycles. The van der Waals surface area contributed by atoms with Crippen LogP contribution in [0.4, 0.5) is 0 Å². The van der Waals surface area contributed by atoms with E-state index >= 15 is 0 Å². The minimum Gasteiger partial charge on any atom is -0.356 e. The van der Waals surface area contributed by atoms with Crippen LogP contribution in [0.1, 0.15) is 41.6 Å². The standard InChI is InChI=1S/C27H29N3O2/c31-25(29-14-4-5-20-10-15-28-16-11-20)24-19-27(24)12-17-30(18-13-27)26(32)23-9-3-7-21-6-1-2-8-22(21)23/h1-3,6-11,15-16,24H,4-5,12-14,17-19H2,(H,29,31). The predicted octanol–water partition coefficient (Wildman–Crippen LogP) is 4.23. The molecule has 164 valence electrons. The molecule has 0 bridgehead atoms. The van der Waals surface area contributed by atoms with Crippen LogP contribution in [0, 0.1) is 11.3 Å². The van der Waals surface area contributed by atoms with Gasteiger partial charge in [0.15, 0.2) is 0 Å². The Morgan fingerprint density at radius 3 is 2.56 bits per heavy atom. The van der Waals surface area contributed by atoms with Crippen LogP contribution < -0.4 is 5.32 Å². The van der Waals surface area contributed by atoms with Crippen LogP contribution in [-0.2, 0) is 11.2 Å².